The highest BCUT2D eigenvalue weighted by Gasteiger charge is 2.44. The van der Waals surface area contributed by atoms with Crippen molar-refractivity contribution in [3.63, 3.8) is 0 Å². The van der Waals surface area contributed by atoms with Gasteiger partial charge in [-0.25, -0.2) is 0 Å². The minimum atomic E-state index is 0.0560. The smallest absolute Gasteiger partial charge is 0.224 e. The Labute approximate surface area is 133 Å². The Balaban J connectivity index is 1.37. The normalized spacial score (nSPS) is 23.3. The highest BCUT2D eigenvalue weighted by Crippen LogP contribution is 2.47. The molecular weight excluding hydrogens is 298 g/mol. The van der Waals surface area contributed by atoms with Crippen molar-refractivity contribution in [3.05, 3.63) is 40.7 Å². The molecule has 0 saturated heterocycles. The van der Waals surface area contributed by atoms with Gasteiger partial charge >= 0.3 is 0 Å². The number of amides is 1. The molecular formula is C15H17N5OS. The molecule has 2 aliphatic rings. The van der Waals surface area contributed by atoms with Crippen LogP contribution in [0.5, 0.6) is 0 Å². The molecule has 0 unspecified atom stereocenters. The molecule has 114 valence electrons. The summed E-state index contributed by atoms with van der Waals surface area (Å²) in [5.41, 5.74) is 1.14. The zero-order chi connectivity index (χ0) is 15.1. The molecule has 0 aliphatic heterocycles. The zero-order valence-electron chi connectivity index (χ0n) is 12.0. The molecule has 0 aromatic carbocycles. The van der Waals surface area contributed by atoms with E-state index in [1.54, 1.807) is 6.20 Å². The van der Waals surface area contributed by atoms with Gasteiger partial charge in [0.05, 0.1) is 6.54 Å². The maximum atomic E-state index is 12.3. The van der Waals surface area contributed by atoms with Crippen molar-refractivity contribution in [2.75, 3.05) is 0 Å². The summed E-state index contributed by atoms with van der Waals surface area (Å²) in [5.74, 6) is 1.27. The summed E-state index contributed by atoms with van der Waals surface area (Å²) in [7, 11) is 0. The molecule has 2 aromatic heterocycles. The summed E-state index contributed by atoms with van der Waals surface area (Å²) in [6.07, 6.45) is 6.77. The molecule has 2 aliphatic carbocycles. The first-order valence-electron chi connectivity index (χ1n) is 7.57. The van der Waals surface area contributed by atoms with E-state index in [0.29, 0.717) is 23.3 Å². The second-order valence-electron chi connectivity index (χ2n) is 6.00. The molecule has 0 spiro atoms. The van der Waals surface area contributed by atoms with E-state index >= 15 is 0 Å². The standard InChI is InChI=1S/C15H17N5OS/c21-14(12-6-11(12)9-2-1-5-16-7-9)17-8-13-18-19-15(22)20(13)10-3-4-10/h1-2,5,7,10-12H,3-4,6,8H2,(H,17,21)(H,19,22)/t11-,12-/m0/s1. The van der Waals surface area contributed by atoms with Crippen LogP contribution in [0.2, 0.25) is 0 Å². The number of hydrogen-bond donors (Lipinski definition) is 2. The highest BCUT2D eigenvalue weighted by molar-refractivity contribution is 7.71. The average molecular weight is 315 g/mol. The predicted molar refractivity (Wildman–Crippen MR) is 82.6 cm³/mol. The number of pyridine rings is 1. The van der Waals surface area contributed by atoms with E-state index in [0.717, 1.165) is 30.7 Å². The Morgan fingerprint density at radius 2 is 2.36 bits per heavy atom. The number of aromatic amines is 1. The van der Waals surface area contributed by atoms with Crippen molar-refractivity contribution >= 4 is 18.1 Å². The lowest BCUT2D eigenvalue weighted by Gasteiger charge is -2.07. The summed E-state index contributed by atoms with van der Waals surface area (Å²) >= 11 is 5.24. The van der Waals surface area contributed by atoms with Crippen molar-refractivity contribution in [2.45, 2.75) is 37.8 Å². The molecule has 7 heteroatoms. The summed E-state index contributed by atoms with van der Waals surface area (Å²) in [6, 6.07) is 4.40. The summed E-state index contributed by atoms with van der Waals surface area (Å²) < 4.78 is 2.67. The van der Waals surface area contributed by atoms with E-state index in [2.05, 4.69) is 20.5 Å². The number of H-pyrrole nitrogens is 1. The van der Waals surface area contributed by atoms with Gasteiger partial charge in [0.1, 0.15) is 0 Å². The van der Waals surface area contributed by atoms with E-state index < -0.39 is 0 Å². The van der Waals surface area contributed by atoms with Crippen molar-refractivity contribution in [1.29, 1.82) is 0 Å². The molecule has 0 bridgehead atoms. The first-order chi connectivity index (χ1) is 10.7. The van der Waals surface area contributed by atoms with Crippen LogP contribution in [0.4, 0.5) is 0 Å². The molecule has 2 fully saturated rings. The van der Waals surface area contributed by atoms with Gasteiger partial charge in [0.25, 0.3) is 0 Å². The van der Waals surface area contributed by atoms with Gasteiger partial charge in [0.2, 0.25) is 5.91 Å². The fourth-order valence-corrected chi connectivity index (χ4v) is 3.22. The molecule has 6 nitrogen and oxygen atoms in total. The van der Waals surface area contributed by atoms with Gasteiger partial charge in [-0.15, -0.1) is 0 Å². The van der Waals surface area contributed by atoms with Crippen LogP contribution in [0.15, 0.2) is 24.5 Å². The van der Waals surface area contributed by atoms with Crippen LogP contribution in [-0.4, -0.2) is 25.7 Å². The second-order valence-corrected chi connectivity index (χ2v) is 6.39. The SMILES string of the molecule is O=C(NCc1n[nH]c(=S)n1C1CC1)[C@H]1C[C@H]1c1cccnc1. The maximum absolute atomic E-state index is 12.3. The minimum Gasteiger partial charge on any atom is -0.349 e. The Hall–Kier alpha value is -2.02. The molecule has 0 radical (unpaired) electrons. The molecule has 22 heavy (non-hydrogen) atoms. The van der Waals surface area contributed by atoms with Gasteiger partial charge in [-0.3, -0.25) is 19.4 Å². The second kappa shape index (κ2) is 5.31. The van der Waals surface area contributed by atoms with E-state index in [4.69, 9.17) is 12.2 Å². The largest absolute Gasteiger partial charge is 0.349 e. The predicted octanol–water partition coefficient (Wildman–Crippen LogP) is 2.09. The first kappa shape index (κ1) is 13.6. The first-order valence-corrected chi connectivity index (χ1v) is 7.98. The zero-order valence-corrected chi connectivity index (χ0v) is 12.8. The van der Waals surface area contributed by atoms with Crippen LogP contribution in [-0.2, 0) is 11.3 Å². The third-order valence-electron chi connectivity index (χ3n) is 4.35. The van der Waals surface area contributed by atoms with Gasteiger partial charge in [0.15, 0.2) is 10.6 Å². The van der Waals surface area contributed by atoms with Crippen molar-refractivity contribution < 1.29 is 4.79 Å². The van der Waals surface area contributed by atoms with Crippen LogP contribution in [0.1, 0.15) is 42.6 Å². The van der Waals surface area contributed by atoms with Crippen LogP contribution in [0.3, 0.4) is 0 Å². The quantitative estimate of drug-likeness (QED) is 0.829. The molecule has 1 amide bonds. The van der Waals surface area contributed by atoms with E-state index in [1.807, 2.05) is 22.9 Å². The van der Waals surface area contributed by atoms with Crippen molar-refractivity contribution in [2.24, 2.45) is 5.92 Å². The van der Waals surface area contributed by atoms with Gasteiger partial charge < -0.3 is 5.32 Å². The average Bonchev–Trinajstić information content (AvgIpc) is 3.44. The number of nitrogens with one attached hydrogen (secondary N) is 2. The molecule has 2 atom stereocenters. The summed E-state index contributed by atoms with van der Waals surface area (Å²) in [4.78, 5) is 16.4. The van der Waals surface area contributed by atoms with Crippen LogP contribution < -0.4 is 5.32 Å². The van der Waals surface area contributed by atoms with Gasteiger partial charge in [-0.2, -0.15) is 5.10 Å². The monoisotopic (exact) mass is 315 g/mol. The Bertz CT molecular complexity index is 749. The Morgan fingerprint density at radius 3 is 3.09 bits per heavy atom. The topological polar surface area (TPSA) is 75.6 Å². The van der Waals surface area contributed by atoms with Gasteiger partial charge in [-0.05, 0) is 49.0 Å². The van der Waals surface area contributed by atoms with Crippen molar-refractivity contribution in [3.8, 4) is 0 Å². The lowest BCUT2D eigenvalue weighted by molar-refractivity contribution is -0.122. The van der Waals surface area contributed by atoms with Gasteiger partial charge in [0, 0.05) is 24.4 Å². The number of carbonyl (C=O) groups is 1. The number of nitrogens with zero attached hydrogens (tertiary/aromatic N) is 3. The lowest BCUT2D eigenvalue weighted by Crippen LogP contribution is -2.26. The van der Waals surface area contributed by atoms with E-state index in [1.165, 1.54) is 0 Å². The number of aromatic nitrogens is 4. The highest BCUT2D eigenvalue weighted by atomic mass is 32.1. The molecule has 2 N–H and O–H groups in total. The third kappa shape index (κ3) is 2.56. The fraction of sp³-hybridized carbons (Fsp3) is 0.467. The Morgan fingerprint density at radius 1 is 1.50 bits per heavy atom. The maximum Gasteiger partial charge on any atom is 0.224 e. The Kier molecular flexibility index (Phi) is 3.29. The van der Waals surface area contributed by atoms with Crippen LogP contribution >= 0.6 is 12.2 Å². The number of rotatable bonds is 5. The molecule has 2 heterocycles. The van der Waals surface area contributed by atoms with Crippen LogP contribution in [0.25, 0.3) is 0 Å². The molecule has 2 aromatic rings. The van der Waals surface area contributed by atoms with Crippen molar-refractivity contribution in [1.82, 2.24) is 25.1 Å². The lowest BCUT2D eigenvalue weighted by atomic mass is 10.1. The van der Waals surface area contributed by atoms with Gasteiger partial charge in [-0.1, -0.05) is 6.07 Å². The van der Waals surface area contributed by atoms with Crippen LogP contribution in [0, 0.1) is 10.7 Å². The fourth-order valence-electron chi connectivity index (χ4n) is 2.92. The minimum absolute atomic E-state index is 0.0560. The number of carbonyl (C=O) groups excluding carboxylic acids is 1. The summed E-state index contributed by atoms with van der Waals surface area (Å²) in [5, 5.41) is 10.0. The van der Waals surface area contributed by atoms with E-state index in [9.17, 15) is 4.79 Å². The third-order valence-corrected chi connectivity index (χ3v) is 4.64. The summed E-state index contributed by atoms with van der Waals surface area (Å²) in [6.45, 7) is 0.429. The van der Waals surface area contributed by atoms with E-state index in [-0.39, 0.29) is 11.8 Å². The molecule has 2 saturated carbocycles. The molecule has 4 rings (SSSR count). The number of hydrogen-bond acceptors (Lipinski definition) is 4.